The summed E-state index contributed by atoms with van der Waals surface area (Å²) in [6.07, 6.45) is 7.17. The summed E-state index contributed by atoms with van der Waals surface area (Å²) in [7, 11) is 0. The number of aromatic nitrogens is 1. The maximum Gasteiger partial charge on any atom is 0.0346 e. The van der Waals surface area contributed by atoms with Gasteiger partial charge < -0.3 is 5.73 Å². The second-order valence-electron chi connectivity index (χ2n) is 2.60. The molecule has 1 heterocycles. The van der Waals surface area contributed by atoms with E-state index in [9.17, 15) is 0 Å². The third kappa shape index (κ3) is 3.90. The Labute approximate surface area is 86.2 Å². The molecule has 2 N–H and O–H groups in total. The number of nitrogens with zero attached hydrogens (tertiary/aromatic N) is 1. The Morgan fingerprint density at radius 3 is 2.57 bits per heavy atom. The second-order valence-corrected chi connectivity index (χ2v) is 2.60. The first-order chi connectivity index (χ1) is 6.74. The molecule has 0 saturated heterocycles. The molecule has 76 valence electrons. The van der Waals surface area contributed by atoms with E-state index >= 15 is 0 Å². The minimum atomic E-state index is 0.782. The molecule has 0 unspecified atom stereocenters. The first kappa shape index (κ1) is 12.4. The normalized spacial score (nSPS) is 10.1. The van der Waals surface area contributed by atoms with E-state index in [2.05, 4.69) is 11.6 Å². The Balaban J connectivity index is 0.000000791. The van der Waals surface area contributed by atoms with E-state index in [1.54, 1.807) is 18.5 Å². The molecule has 0 atom stereocenters. The summed E-state index contributed by atoms with van der Waals surface area (Å²) >= 11 is 0. The zero-order chi connectivity index (χ0) is 11.0. The van der Waals surface area contributed by atoms with Gasteiger partial charge in [-0.3, -0.25) is 4.98 Å². The van der Waals surface area contributed by atoms with Gasteiger partial charge in [0.15, 0.2) is 0 Å². The third-order valence-corrected chi connectivity index (χ3v) is 1.49. The molecule has 1 rings (SSSR count). The second kappa shape index (κ2) is 6.89. The van der Waals surface area contributed by atoms with E-state index in [1.807, 2.05) is 32.9 Å². The van der Waals surface area contributed by atoms with Crippen LogP contribution in [0.3, 0.4) is 0 Å². The van der Waals surface area contributed by atoms with Crippen molar-refractivity contribution in [1.82, 2.24) is 4.98 Å². The van der Waals surface area contributed by atoms with E-state index in [4.69, 9.17) is 5.73 Å². The highest BCUT2D eigenvalue weighted by Gasteiger charge is 1.93. The van der Waals surface area contributed by atoms with Gasteiger partial charge in [-0.15, -0.1) is 0 Å². The van der Waals surface area contributed by atoms with Crippen LogP contribution in [-0.4, -0.2) is 4.98 Å². The molecular weight excluding hydrogens is 172 g/mol. The summed E-state index contributed by atoms with van der Waals surface area (Å²) < 4.78 is 0. The summed E-state index contributed by atoms with van der Waals surface area (Å²) in [4.78, 5) is 3.98. The number of pyridine rings is 1. The lowest BCUT2D eigenvalue weighted by molar-refractivity contribution is 1.29. The summed E-state index contributed by atoms with van der Waals surface area (Å²) in [6, 6.07) is 1.91. The molecule has 0 aromatic carbocycles. The quantitative estimate of drug-likeness (QED) is 0.778. The van der Waals surface area contributed by atoms with Gasteiger partial charge in [0.1, 0.15) is 0 Å². The Morgan fingerprint density at radius 2 is 2.07 bits per heavy atom. The van der Waals surface area contributed by atoms with Crippen LogP contribution >= 0.6 is 0 Å². The highest BCUT2D eigenvalue weighted by molar-refractivity contribution is 5.64. The first-order valence-electron chi connectivity index (χ1n) is 4.74. The van der Waals surface area contributed by atoms with Crippen LogP contribution in [0, 0.1) is 0 Å². The van der Waals surface area contributed by atoms with Crippen molar-refractivity contribution < 1.29 is 0 Å². The van der Waals surface area contributed by atoms with Crippen molar-refractivity contribution in [3.63, 3.8) is 0 Å². The Hall–Kier alpha value is -1.57. The fraction of sp³-hybridized carbons (Fsp3) is 0.250. The van der Waals surface area contributed by atoms with Crippen LogP contribution in [0.2, 0.25) is 0 Å². The SMILES string of the molecule is C=Cc1cnccc1/C=C(\C)N.CC. The van der Waals surface area contributed by atoms with Crippen molar-refractivity contribution in [3.05, 3.63) is 41.9 Å². The van der Waals surface area contributed by atoms with Gasteiger partial charge in [-0.25, -0.2) is 0 Å². The van der Waals surface area contributed by atoms with Crippen molar-refractivity contribution in [3.8, 4) is 0 Å². The molecule has 0 fully saturated rings. The van der Waals surface area contributed by atoms with Crippen LogP contribution in [0.1, 0.15) is 31.9 Å². The minimum absolute atomic E-state index is 0.782. The van der Waals surface area contributed by atoms with E-state index in [0.717, 1.165) is 16.8 Å². The molecule has 0 spiro atoms. The van der Waals surface area contributed by atoms with Gasteiger partial charge >= 0.3 is 0 Å². The molecular formula is C12H18N2. The number of nitrogens with two attached hydrogens (primary N) is 1. The highest BCUT2D eigenvalue weighted by atomic mass is 14.6. The van der Waals surface area contributed by atoms with E-state index in [0.29, 0.717) is 0 Å². The average molecular weight is 190 g/mol. The van der Waals surface area contributed by atoms with Crippen molar-refractivity contribution in [1.29, 1.82) is 0 Å². The van der Waals surface area contributed by atoms with Crippen molar-refractivity contribution >= 4 is 12.2 Å². The Kier molecular flexibility index (Phi) is 6.12. The maximum atomic E-state index is 5.55. The molecule has 0 saturated carbocycles. The first-order valence-corrected chi connectivity index (χ1v) is 4.74. The van der Waals surface area contributed by atoms with Crippen molar-refractivity contribution in [2.24, 2.45) is 5.73 Å². The molecule has 0 radical (unpaired) electrons. The molecule has 0 bridgehead atoms. The van der Waals surface area contributed by atoms with E-state index < -0.39 is 0 Å². The lowest BCUT2D eigenvalue weighted by Gasteiger charge is -1.99. The monoisotopic (exact) mass is 190 g/mol. The van der Waals surface area contributed by atoms with Crippen LogP contribution in [0.5, 0.6) is 0 Å². The topological polar surface area (TPSA) is 38.9 Å². The van der Waals surface area contributed by atoms with Crippen molar-refractivity contribution in [2.45, 2.75) is 20.8 Å². The number of rotatable bonds is 2. The van der Waals surface area contributed by atoms with Gasteiger partial charge in [0.2, 0.25) is 0 Å². The van der Waals surface area contributed by atoms with Crippen LogP contribution in [0.25, 0.3) is 12.2 Å². The van der Waals surface area contributed by atoms with Gasteiger partial charge in [0.25, 0.3) is 0 Å². The van der Waals surface area contributed by atoms with Gasteiger partial charge in [0, 0.05) is 18.1 Å². The molecule has 0 aliphatic rings. The minimum Gasteiger partial charge on any atom is -0.402 e. The number of allylic oxidation sites excluding steroid dienone is 1. The zero-order valence-electron chi connectivity index (χ0n) is 9.12. The predicted molar refractivity (Wildman–Crippen MR) is 63.5 cm³/mol. The molecule has 0 aliphatic heterocycles. The summed E-state index contributed by atoms with van der Waals surface area (Å²) in [5, 5.41) is 0. The highest BCUT2D eigenvalue weighted by Crippen LogP contribution is 2.10. The lowest BCUT2D eigenvalue weighted by atomic mass is 10.1. The summed E-state index contributed by atoms with van der Waals surface area (Å²) in [5.74, 6) is 0. The van der Waals surface area contributed by atoms with Gasteiger partial charge in [-0.05, 0) is 30.2 Å². The third-order valence-electron chi connectivity index (χ3n) is 1.49. The number of hydrogen-bond donors (Lipinski definition) is 1. The molecule has 1 aromatic rings. The smallest absolute Gasteiger partial charge is 0.0346 e. The molecule has 0 amide bonds. The largest absolute Gasteiger partial charge is 0.402 e. The molecule has 1 aromatic heterocycles. The van der Waals surface area contributed by atoms with Gasteiger partial charge in [-0.1, -0.05) is 26.5 Å². The van der Waals surface area contributed by atoms with Gasteiger partial charge in [-0.2, -0.15) is 0 Å². The molecule has 2 nitrogen and oxygen atoms in total. The maximum absolute atomic E-state index is 5.55. The standard InChI is InChI=1S/C10H12N2.C2H6/c1-3-9-7-12-5-4-10(9)6-8(2)11;1-2/h3-7H,1,11H2,2H3;1-2H3/b8-6+;. The Morgan fingerprint density at radius 1 is 1.43 bits per heavy atom. The summed E-state index contributed by atoms with van der Waals surface area (Å²) in [6.45, 7) is 9.54. The fourth-order valence-electron chi connectivity index (χ4n) is 0.965. The van der Waals surface area contributed by atoms with Crippen LogP contribution < -0.4 is 5.73 Å². The van der Waals surface area contributed by atoms with Crippen molar-refractivity contribution in [2.75, 3.05) is 0 Å². The lowest BCUT2D eigenvalue weighted by Crippen LogP contribution is -1.91. The van der Waals surface area contributed by atoms with E-state index in [-0.39, 0.29) is 0 Å². The number of hydrogen-bond acceptors (Lipinski definition) is 2. The zero-order valence-corrected chi connectivity index (χ0v) is 9.12. The van der Waals surface area contributed by atoms with Crippen LogP contribution in [0.15, 0.2) is 30.7 Å². The average Bonchev–Trinajstić information content (AvgIpc) is 2.21. The molecule has 14 heavy (non-hydrogen) atoms. The van der Waals surface area contributed by atoms with Crippen LogP contribution in [-0.2, 0) is 0 Å². The Bertz CT molecular complexity index is 310. The molecule has 2 heteroatoms. The molecule has 0 aliphatic carbocycles. The predicted octanol–water partition coefficient (Wildman–Crippen LogP) is 3.07. The van der Waals surface area contributed by atoms with E-state index in [1.165, 1.54) is 0 Å². The van der Waals surface area contributed by atoms with Gasteiger partial charge in [0.05, 0.1) is 0 Å². The van der Waals surface area contributed by atoms with Crippen LogP contribution in [0.4, 0.5) is 0 Å². The summed E-state index contributed by atoms with van der Waals surface area (Å²) in [5.41, 5.74) is 8.39. The fourth-order valence-corrected chi connectivity index (χ4v) is 0.965.